The minimum absolute atomic E-state index is 0.578. The Morgan fingerprint density at radius 3 is 1.86 bits per heavy atom. The molecule has 266 valence electrons. The quantitative estimate of drug-likeness (QED) is 0.166. The van der Waals surface area contributed by atoms with Crippen LogP contribution < -0.4 is 4.90 Å². The van der Waals surface area contributed by atoms with Crippen molar-refractivity contribution in [2.75, 3.05) is 4.90 Å². The van der Waals surface area contributed by atoms with Gasteiger partial charge in [-0.15, -0.1) is 0 Å². The molecule has 2 aromatic heterocycles. The topological polar surface area (TPSA) is 42.4 Å². The van der Waals surface area contributed by atoms with Crippen LogP contribution in [0.2, 0.25) is 0 Å². The van der Waals surface area contributed by atoms with E-state index < -0.39 is 0 Å². The number of hydrogen-bond acceptors (Lipinski definition) is 4. The van der Waals surface area contributed by atoms with Crippen molar-refractivity contribution in [1.82, 2.24) is 4.98 Å². The van der Waals surface area contributed by atoms with Gasteiger partial charge in [0.25, 0.3) is 0 Å². The van der Waals surface area contributed by atoms with Gasteiger partial charge in [0.1, 0.15) is 16.7 Å². The minimum Gasteiger partial charge on any atom is -0.456 e. The summed E-state index contributed by atoms with van der Waals surface area (Å²) in [7, 11) is 0. The maximum absolute atomic E-state index is 6.66. The smallest absolute Gasteiger partial charge is 0.228 e. The van der Waals surface area contributed by atoms with Gasteiger partial charge in [0.15, 0.2) is 5.58 Å². The third kappa shape index (κ3) is 5.12. The predicted octanol–water partition coefficient (Wildman–Crippen LogP) is 15.1. The molecule has 0 aliphatic carbocycles. The number of aromatic nitrogens is 1. The maximum Gasteiger partial charge on any atom is 0.228 e. The van der Waals surface area contributed by atoms with E-state index >= 15 is 0 Å². The van der Waals surface area contributed by atoms with E-state index in [4.69, 9.17) is 13.8 Å². The number of hydrogen-bond donors (Lipinski definition) is 0. The summed E-state index contributed by atoms with van der Waals surface area (Å²) in [5.74, 6) is 0.578. The number of fused-ring (bicyclic) bond motifs is 10. The zero-order valence-electron chi connectivity index (χ0n) is 30.7. The van der Waals surface area contributed by atoms with Gasteiger partial charge in [0.2, 0.25) is 5.89 Å². The number of rotatable bonds is 5. The van der Waals surface area contributed by atoms with Crippen molar-refractivity contribution in [2.24, 2.45) is 0 Å². The van der Waals surface area contributed by atoms with Gasteiger partial charge in [0.05, 0.1) is 0 Å². The first-order valence-electron chi connectivity index (χ1n) is 19.3. The lowest BCUT2D eigenvalue weighted by Crippen LogP contribution is -2.10. The van der Waals surface area contributed by atoms with Crippen molar-refractivity contribution in [3.8, 4) is 22.6 Å². The Labute approximate surface area is 327 Å². The molecule has 2 heterocycles. The van der Waals surface area contributed by atoms with Crippen LogP contribution in [0.4, 0.5) is 17.1 Å². The van der Waals surface area contributed by atoms with Crippen molar-refractivity contribution in [2.45, 2.75) is 0 Å². The summed E-state index contributed by atoms with van der Waals surface area (Å²) in [5.41, 5.74) is 9.51. The van der Waals surface area contributed by atoms with Gasteiger partial charge >= 0.3 is 0 Å². The SMILES string of the molecule is c1ccc(-c2cccc(N(c3ccc4c(ccc5c6ccccc6ccc45)c3)c3ccc4c(c3)oc3cccc(-c5nc6cc7ccccc7cc6o5)c34)c2)cc1. The molecule has 0 bridgehead atoms. The first kappa shape index (κ1) is 31.6. The Bertz CT molecular complexity index is 3490. The van der Waals surface area contributed by atoms with E-state index in [2.05, 4.69) is 175 Å². The Hall–Kier alpha value is -7.69. The normalized spacial score (nSPS) is 11.9. The Morgan fingerprint density at radius 2 is 1.00 bits per heavy atom. The van der Waals surface area contributed by atoms with E-state index in [1.54, 1.807) is 0 Å². The molecule has 0 radical (unpaired) electrons. The van der Waals surface area contributed by atoms with Gasteiger partial charge in [-0.25, -0.2) is 4.98 Å². The van der Waals surface area contributed by atoms with E-state index in [0.717, 1.165) is 72.0 Å². The van der Waals surface area contributed by atoms with Gasteiger partial charge in [-0.05, 0) is 115 Å². The first-order valence-corrected chi connectivity index (χ1v) is 19.3. The van der Waals surface area contributed by atoms with Gasteiger partial charge in [-0.2, -0.15) is 0 Å². The number of nitrogens with zero attached hydrogens (tertiary/aromatic N) is 2. The van der Waals surface area contributed by atoms with Crippen molar-refractivity contribution in [3.63, 3.8) is 0 Å². The molecule has 0 atom stereocenters. The Balaban J connectivity index is 1.03. The summed E-state index contributed by atoms with van der Waals surface area (Å²) in [5, 5.41) is 11.7. The number of benzene rings is 10. The Morgan fingerprint density at radius 1 is 0.351 bits per heavy atom. The average Bonchev–Trinajstić information content (AvgIpc) is 3.86. The van der Waals surface area contributed by atoms with E-state index in [0.29, 0.717) is 5.89 Å². The molecule has 12 aromatic rings. The molecular weight excluding hydrogens is 697 g/mol. The summed E-state index contributed by atoms with van der Waals surface area (Å²) in [4.78, 5) is 7.30. The lowest BCUT2D eigenvalue weighted by Gasteiger charge is -2.26. The second-order valence-electron chi connectivity index (χ2n) is 14.8. The first-order chi connectivity index (χ1) is 28.2. The molecule has 0 amide bonds. The van der Waals surface area contributed by atoms with Gasteiger partial charge in [0, 0.05) is 39.5 Å². The molecule has 4 nitrogen and oxygen atoms in total. The molecule has 10 aromatic carbocycles. The fourth-order valence-corrected chi connectivity index (χ4v) is 8.72. The zero-order valence-corrected chi connectivity index (χ0v) is 30.7. The molecule has 0 aliphatic rings. The van der Waals surface area contributed by atoms with Crippen LogP contribution in [0, 0.1) is 0 Å². The van der Waals surface area contributed by atoms with Crippen LogP contribution in [0.15, 0.2) is 203 Å². The largest absolute Gasteiger partial charge is 0.456 e. The second kappa shape index (κ2) is 12.4. The minimum atomic E-state index is 0.578. The van der Waals surface area contributed by atoms with E-state index in [1.807, 2.05) is 24.3 Å². The molecule has 0 saturated heterocycles. The molecule has 0 saturated carbocycles. The Kier molecular flexibility index (Phi) is 6.89. The van der Waals surface area contributed by atoms with E-state index in [9.17, 15) is 0 Å². The van der Waals surface area contributed by atoms with Crippen LogP contribution >= 0.6 is 0 Å². The van der Waals surface area contributed by atoms with Gasteiger partial charge in [-0.3, -0.25) is 0 Å². The highest BCUT2D eigenvalue weighted by molar-refractivity contribution is 6.18. The van der Waals surface area contributed by atoms with Crippen LogP contribution in [0.3, 0.4) is 0 Å². The van der Waals surface area contributed by atoms with Crippen LogP contribution in [-0.4, -0.2) is 4.98 Å². The standard InChI is InChI=1S/C53H32N2O2/c1-2-10-33(11-3-1)35-15-8-16-39(28-35)55(40-22-26-43-38(29-40)21-25-44-42-17-7-6-12-34(42)20-24-45(43)44)41-23-27-46-50(32-41)56-49-19-9-18-47(52(46)49)53-54-48-30-36-13-4-5-14-37(36)31-51(48)57-53/h1-32H. The second-order valence-corrected chi connectivity index (χ2v) is 14.8. The van der Waals surface area contributed by atoms with Gasteiger partial charge < -0.3 is 13.7 Å². The molecule has 0 fully saturated rings. The molecule has 0 unspecified atom stereocenters. The monoisotopic (exact) mass is 728 g/mol. The molecule has 57 heavy (non-hydrogen) atoms. The van der Waals surface area contributed by atoms with Crippen molar-refractivity contribution in [1.29, 1.82) is 0 Å². The van der Waals surface area contributed by atoms with Crippen LogP contribution in [0.25, 0.3) is 98.7 Å². The van der Waals surface area contributed by atoms with Crippen molar-refractivity contribution < 1.29 is 8.83 Å². The summed E-state index contributed by atoms with van der Waals surface area (Å²) in [6.45, 7) is 0. The number of anilines is 3. The summed E-state index contributed by atoms with van der Waals surface area (Å²) in [6.07, 6.45) is 0. The van der Waals surface area contributed by atoms with Crippen LogP contribution in [-0.2, 0) is 0 Å². The molecule has 0 aliphatic heterocycles. The number of furan rings is 1. The molecular formula is C53H32N2O2. The maximum atomic E-state index is 6.66. The van der Waals surface area contributed by atoms with E-state index in [-0.39, 0.29) is 0 Å². The zero-order chi connectivity index (χ0) is 37.5. The summed E-state index contributed by atoms with van der Waals surface area (Å²) in [6, 6.07) is 68.8. The third-order valence-corrected chi connectivity index (χ3v) is 11.4. The van der Waals surface area contributed by atoms with Crippen molar-refractivity contribution in [3.05, 3.63) is 194 Å². The van der Waals surface area contributed by atoms with Crippen LogP contribution in [0.5, 0.6) is 0 Å². The highest BCUT2D eigenvalue weighted by Crippen LogP contribution is 2.43. The van der Waals surface area contributed by atoms with Crippen molar-refractivity contribution >= 4 is 93.2 Å². The van der Waals surface area contributed by atoms with Crippen LogP contribution in [0.1, 0.15) is 0 Å². The lowest BCUT2D eigenvalue weighted by molar-refractivity contribution is 0.620. The highest BCUT2D eigenvalue weighted by atomic mass is 16.3. The summed E-state index contributed by atoms with van der Waals surface area (Å²) < 4.78 is 13.1. The molecule has 0 N–H and O–H groups in total. The lowest BCUT2D eigenvalue weighted by atomic mass is 9.96. The fraction of sp³-hybridized carbons (Fsp3) is 0. The number of oxazole rings is 1. The predicted molar refractivity (Wildman–Crippen MR) is 237 cm³/mol. The van der Waals surface area contributed by atoms with E-state index in [1.165, 1.54) is 37.9 Å². The molecule has 4 heteroatoms. The highest BCUT2D eigenvalue weighted by Gasteiger charge is 2.20. The fourth-order valence-electron chi connectivity index (χ4n) is 8.72. The van der Waals surface area contributed by atoms with Gasteiger partial charge in [-0.1, -0.05) is 127 Å². The molecule has 12 rings (SSSR count). The average molecular weight is 729 g/mol. The molecule has 0 spiro atoms. The third-order valence-electron chi connectivity index (χ3n) is 11.4. The summed E-state index contributed by atoms with van der Waals surface area (Å²) >= 11 is 0.